The maximum Gasteiger partial charge on any atom is 0.286 e. The highest BCUT2D eigenvalue weighted by Crippen LogP contribution is 1.99. The molecule has 5 nitrogen and oxygen atoms in total. The normalized spacial score (nSPS) is 10.0. The maximum atomic E-state index is 11.4. The molecule has 0 radical (unpaired) electrons. The summed E-state index contributed by atoms with van der Waals surface area (Å²) < 4.78 is 4.94. The first-order valence-corrected chi connectivity index (χ1v) is 5.70. The fourth-order valence-electron chi connectivity index (χ4n) is 1.30. The Hall–Kier alpha value is -1.78. The first-order valence-electron chi connectivity index (χ1n) is 5.70. The fraction of sp³-hybridized carbons (Fsp3) is 0.500. The first kappa shape index (κ1) is 13.3. The van der Waals surface area contributed by atoms with Crippen molar-refractivity contribution < 1.29 is 14.0 Å². The molecule has 0 aliphatic carbocycles. The van der Waals surface area contributed by atoms with Crippen LogP contribution in [0.1, 0.15) is 30.3 Å². The van der Waals surface area contributed by atoms with Crippen molar-refractivity contribution in [3.63, 3.8) is 0 Å². The molecule has 0 bridgehead atoms. The van der Waals surface area contributed by atoms with Crippen LogP contribution in [0.3, 0.4) is 0 Å². The molecule has 0 saturated heterocycles. The van der Waals surface area contributed by atoms with Gasteiger partial charge in [0, 0.05) is 26.6 Å². The predicted molar refractivity (Wildman–Crippen MR) is 63.6 cm³/mol. The average Bonchev–Trinajstić information content (AvgIpc) is 2.86. The molecule has 0 spiro atoms. The summed E-state index contributed by atoms with van der Waals surface area (Å²) >= 11 is 0. The number of rotatable bonds is 6. The standard InChI is InChI=1S/C12H18N2O3/c1-3-14(2)11(15)7-4-8-13-12(16)10-6-5-9-17-10/h5-6,9H,3-4,7-8H2,1-2H3,(H,13,16). The van der Waals surface area contributed by atoms with E-state index in [9.17, 15) is 9.59 Å². The van der Waals surface area contributed by atoms with E-state index in [0.29, 0.717) is 31.7 Å². The third-order valence-electron chi connectivity index (χ3n) is 2.50. The molecule has 0 saturated carbocycles. The second-order valence-corrected chi connectivity index (χ2v) is 3.74. The van der Waals surface area contributed by atoms with E-state index >= 15 is 0 Å². The quantitative estimate of drug-likeness (QED) is 0.759. The van der Waals surface area contributed by atoms with Crippen molar-refractivity contribution in [1.29, 1.82) is 0 Å². The van der Waals surface area contributed by atoms with E-state index < -0.39 is 0 Å². The van der Waals surface area contributed by atoms with Crippen LogP contribution in [0.15, 0.2) is 22.8 Å². The molecule has 0 aromatic carbocycles. The van der Waals surface area contributed by atoms with Gasteiger partial charge in [0.25, 0.3) is 5.91 Å². The minimum atomic E-state index is -0.244. The second kappa shape index (κ2) is 6.73. The van der Waals surface area contributed by atoms with Crippen molar-refractivity contribution in [2.45, 2.75) is 19.8 Å². The monoisotopic (exact) mass is 238 g/mol. The zero-order valence-electron chi connectivity index (χ0n) is 10.2. The van der Waals surface area contributed by atoms with Gasteiger partial charge in [-0.15, -0.1) is 0 Å². The minimum Gasteiger partial charge on any atom is -0.459 e. The summed E-state index contributed by atoms with van der Waals surface area (Å²) in [5.41, 5.74) is 0. The Bertz CT molecular complexity index is 360. The van der Waals surface area contributed by atoms with E-state index in [-0.39, 0.29) is 11.8 Å². The number of carbonyl (C=O) groups is 2. The van der Waals surface area contributed by atoms with Crippen LogP contribution in [-0.4, -0.2) is 36.9 Å². The lowest BCUT2D eigenvalue weighted by Gasteiger charge is -2.13. The van der Waals surface area contributed by atoms with Crippen LogP contribution in [0.4, 0.5) is 0 Å². The summed E-state index contributed by atoms with van der Waals surface area (Å²) in [5, 5.41) is 2.69. The van der Waals surface area contributed by atoms with Crippen molar-refractivity contribution in [3.8, 4) is 0 Å². The summed E-state index contributed by atoms with van der Waals surface area (Å²) in [5.74, 6) is 0.146. The number of hydrogen-bond acceptors (Lipinski definition) is 3. The van der Waals surface area contributed by atoms with Crippen LogP contribution in [0.2, 0.25) is 0 Å². The lowest BCUT2D eigenvalue weighted by atomic mass is 10.2. The van der Waals surface area contributed by atoms with Gasteiger partial charge >= 0.3 is 0 Å². The van der Waals surface area contributed by atoms with E-state index in [0.717, 1.165) is 0 Å². The molecule has 2 amide bonds. The van der Waals surface area contributed by atoms with E-state index in [4.69, 9.17) is 4.42 Å². The van der Waals surface area contributed by atoms with Gasteiger partial charge in [-0.3, -0.25) is 9.59 Å². The minimum absolute atomic E-state index is 0.0970. The van der Waals surface area contributed by atoms with Gasteiger partial charge in [0.15, 0.2) is 5.76 Å². The molecule has 0 unspecified atom stereocenters. The van der Waals surface area contributed by atoms with Gasteiger partial charge in [-0.25, -0.2) is 0 Å². The number of carbonyl (C=O) groups excluding carboxylic acids is 2. The summed E-state index contributed by atoms with van der Waals surface area (Å²) in [6.45, 7) is 3.11. The Labute approximate surface area is 101 Å². The molecule has 17 heavy (non-hydrogen) atoms. The van der Waals surface area contributed by atoms with Crippen LogP contribution in [0.5, 0.6) is 0 Å². The topological polar surface area (TPSA) is 62.6 Å². The van der Waals surface area contributed by atoms with Crippen LogP contribution in [-0.2, 0) is 4.79 Å². The number of hydrogen-bond donors (Lipinski definition) is 1. The van der Waals surface area contributed by atoms with E-state index in [1.165, 1.54) is 6.26 Å². The van der Waals surface area contributed by atoms with Gasteiger partial charge in [-0.1, -0.05) is 0 Å². The van der Waals surface area contributed by atoms with E-state index in [1.54, 1.807) is 24.1 Å². The van der Waals surface area contributed by atoms with Crippen LogP contribution >= 0.6 is 0 Å². The first-order chi connectivity index (χ1) is 8.15. The van der Waals surface area contributed by atoms with Crippen LogP contribution in [0, 0.1) is 0 Å². The molecule has 0 atom stereocenters. The van der Waals surface area contributed by atoms with Crippen LogP contribution in [0.25, 0.3) is 0 Å². The molecular formula is C12H18N2O3. The van der Waals surface area contributed by atoms with Crippen molar-refractivity contribution in [3.05, 3.63) is 24.2 Å². The molecule has 5 heteroatoms. The van der Waals surface area contributed by atoms with Gasteiger partial charge in [0.1, 0.15) is 0 Å². The SMILES string of the molecule is CCN(C)C(=O)CCCNC(=O)c1ccco1. The second-order valence-electron chi connectivity index (χ2n) is 3.74. The molecular weight excluding hydrogens is 220 g/mol. The number of furan rings is 1. The van der Waals surface area contributed by atoms with Crippen molar-refractivity contribution in [2.75, 3.05) is 20.1 Å². The Balaban J connectivity index is 2.16. The summed E-state index contributed by atoms with van der Waals surface area (Å²) in [4.78, 5) is 24.5. The molecule has 1 rings (SSSR count). The number of amides is 2. The Morgan fingerprint density at radius 3 is 2.82 bits per heavy atom. The van der Waals surface area contributed by atoms with Gasteiger partial charge in [0.05, 0.1) is 6.26 Å². The highest BCUT2D eigenvalue weighted by Gasteiger charge is 2.09. The van der Waals surface area contributed by atoms with Gasteiger partial charge in [-0.2, -0.15) is 0 Å². The highest BCUT2D eigenvalue weighted by atomic mass is 16.3. The van der Waals surface area contributed by atoms with E-state index in [2.05, 4.69) is 5.32 Å². The molecule has 0 fully saturated rings. The summed E-state index contributed by atoms with van der Waals surface area (Å²) in [6.07, 6.45) is 2.53. The van der Waals surface area contributed by atoms with Gasteiger partial charge in [0.2, 0.25) is 5.91 Å². The lowest BCUT2D eigenvalue weighted by Crippen LogP contribution is -2.28. The van der Waals surface area contributed by atoms with Crippen molar-refractivity contribution in [1.82, 2.24) is 10.2 Å². The van der Waals surface area contributed by atoms with E-state index in [1.807, 2.05) is 6.92 Å². The summed E-state index contributed by atoms with van der Waals surface area (Å²) in [7, 11) is 1.77. The molecule has 1 aromatic rings. The zero-order chi connectivity index (χ0) is 12.7. The number of nitrogens with zero attached hydrogens (tertiary/aromatic N) is 1. The predicted octanol–water partition coefficient (Wildman–Crippen LogP) is 1.27. The van der Waals surface area contributed by atoms with Crippen molar-refractivity contribution in [2.24, 2.45) is 0 Å². The third kappa shape index (κ3) is 4.30. The molecule has 1 aromatic heterocycles. The molecule has 0 aliphatic rings. The Morgan fingerprint density at radius 1 is 1.47 bits per heavy atom. The Morgan fingerprint density at radius 2 is 2.24 bits per heavy atom. The molecule has 1 N–H and O–H groups in total. The maximum absolute atomic E-state index is 11.4. The average molecular weight is 238 g/mol. The fourth-order valence-corrected chi connectivity index (χ4v) is 1.30. The van der Waals surface area contributed by atoms with Gasteiger partial charge in [-0.05, 0) is 25.5 Å². The highest BCUT2D eigenvalue weighted by molar-refractivity contribution is 5.91. The third-order valence-corrected chi connectivity index (χ3v) is 2.50. The largest absolute Gasteiger partial charge is 0.459 e. The van der Waals surface area contributed by atoms with Crippen molar-refractivity contribution >= 4 is 11.8 Å². The number of nitrogens with one attached hydrogen (secondary N) is 1. The zero-order valence-corrected chi connectivity index (χ0v) is 10.2. The Kier molecular flexibility index (Phi) is 5.26. The molecule has 0 aliphatic heterocycles. The molecule has 1 heterocycles. The van der Waals surface area contributed by atoms with Gasteiger partial charge < -0.3 is 14.6 Å². The lowest BCUT2D eigenvalue weighted by molar-refractivity contribution is -0.129. The summed E-state index contributed by atoms with van der Waals surface area (Å²) in [6, 6.07) is 3.26. The smallest absolute Gasteiger partial charge is 0.286 e. The molecule has 94 valence electrons. The van der Waals surface area contributed by atoms with Crippen LogP contribution < -0.4 is 5.32 Å².